The van der Waals surface area contributed by atoms with Crippen molar-refractivity contribution in [3.05, 3.63) is 119 Å². The van der Waals surface area contributed by atoms with E-state index in [1.54, 1.807) is 99.6 Å². The number of amides is 1. The minimum Gasteiger partial charge on any atom is -0.461 e. The summed E-state index contributed by atoms with van der Waals surface area (Å²) in [5.74, 6) is -7.53. The number of hydrogen-bond donors (Lipinski definition) is 4. The van der Waals surface area contributed by atoms with Gasteiger partial charge in [0.1, 0.15) is 30.0 Å². The molecule has 19 heteroatoms. The third kappa shape index (κ3) is 11.4. The third-order valence-corrected chi connectivity index (χ3v) is 21.5. The minimum absolute atomic E-state index is 0.00914. The molecule has 12 atom stereocenters. The van der Waals surface area contributed by atoms with Crippen LogP contribution in [0.2, 0.25) is 18.1 Å². The summed E-state index contributed by atoms with van der Waals surface area (Å²) in [6.07, 6.45) is -11.5. The topological polar surface area (TPSA) is 257 Å². The van der Waals surface area contributed by atoms with Crippen LogP contribution in [0.1, 0.15) is 127 Å². The summed E-state index contributed by atoms with van der Waals surface area (Å²) in [6, 6.07) is 23.9. The van der Waals surface area contributed by atoms with Gasteiger partial charge in [-0.05, 0) is 85.8 Å². The van der Waals surface area contributed by atoms with Gasteiger partial charge in [-0.2, -0.15) is 0 Å². The summed E-state index contributed by atoms with van der Waals surface area (Å²) in [6.45, 7) is 17.4. The van der Waals surface area contributed by atoms with Gasteiger partial charge in [-0.15, -0.1) is 0 Å². The molecule has 2 saturated carbocycles. The Labute approximate surface area is 456 Å². The molecule has 3 aliphatic carbocycles. The van der Waals surface area contributed by atoms with E-state index in [1.165, 1.54) is 19.1 Å². The van der Waals surface area contributed by atoms with Crippen molar-refractivity contribution in [2.24, 2.45) is 16.7 Å². The number of carbonyl (C=O) groups is 7. The summed E-state index contributed by atoms with van der Waals surface area (Å²) >= 11 is 0. The van der Waals surface area contributed by atoms with Crippen molar-refractivity contribution in [2.45, 2.75) is 173 Å². The zero-order chi connectivity index (χ0) is 57.3. The van der Waals surface area contributed by atoms with Crippen LogP contribution in [0, 0.1) is 16.7 Å². The van der Waals surface area contributed by atoms with Gasteiger partial charge in [0.2, 0.25) is 0 Å². The molecule has 7 rings (SSSR count). The molecule has 1 aliphatic heterocycles. The van der Waals surface area contributed by atoms with Crippen LogP contribution >= 0.6 is 0 Å². The molecule has 1 saturated heterocycles. The van der Waals surface area contributed by atoms with Crippen LogP contribution in [-0.2, 0) is 56.8 Å². The van der Waals surface area contributed by atoms with Crippen LogP contribution in [-0.4, -0.2) is 132 Å². The fraction of sp³-hybridized carbons (Fsp3) is 0.542. The molecule has 3 aromatic carbocycles. The molecule has 0 aromatic heterocycles. The van der Waals surface area contributed by atoms with Gasteiger partial charge >= 0.3 is 29.8 Å². The average Bonchev–Trinajstić information content (AvgIpc) is 3.44. The molecule has 422 valence electrons. The standard InChI is InChI=1S/C59H75NO17Si/c1-34-41(73-54(69)48(77-78(10,11)55(4,5)6)46(37-22-15-12-16-23-37)60-52(67)38-24-17-13-18-25-38)31-59(70)51(75-53(68)39-26-19-14-20-27-39)49-57(9,50(66)47(72-35(2)62)45(34)56(59,7)8)42(74-44(65)29-21-28-40(64)32-61)30-43-58(49,33-71-43)76-36(3)63/h12-20,22-27,40-43,46-49,51,61,64,70H,21,28-33H2,1-11H3,(H,60,67)/t40?,41-,42-,43+,46+,47+,48-,49-,51-,57+,58-,59+/m0/s1. The van der Waals surface area contributed by atoms with Crippen molar-refractivity contribution in [1.29, 1.82) is 0 Å². The van der Waals surface area contributed by atoms with Crippen LogP contribution in [0.15, 0.2) is 102 Å². The smallest absolute Gasteiger partial charge is 0.338 e. The van der Waals surface area contributed by atoms with E-state index in [0.29, 0.717) is 11.1 Å². The average molecular weight is 1100 g/mol. The van der Waals surface area contributed by atoms with Gasteiger partial charge < -0.3 is 53.5 Å². The van der Waals surface area contributed by atoms with E-state index in [2.05, 4.69) is 5.32 Å². The fourth-order valence-corrected chi connectivity index (χ4v) is 12.9. The Bertz CT molecular complexity index is 2760. The maximum atomic E-state index is 16.4. The van der Waals surface area contributed by atoms with Crippen molar-refractivity contribution in [1.82, 2.24) is 5.32 Å². The Morgan fingerprint density at radius 1 is 0.833 bits per heavy atom. The van der Waals surface area contributed by atoms with E-state index in [0.717, 1.165) is 13.8 Å². The van der Waals surface area contributed by atoms with Crippen LogP contribution in [0.4, 0.5) is 0 Å². The van der Waals surface area contributed by atoms with E-state index in [9.17, 15) is 39.3 Å². The SMILES string of the molecule is CC(=O)O[C@H]1C(=O)[C@]2(C)[C@@H](OC(=O)CCCC(O)CO)C[C@H]3OC[C@@]3(OC(C)=O)[C@H]2[C@H](OC(=O)c2ccccc2)[C@]2(O)C[C@H](OC(=O)[C@@H](O[Si](C)(C)C(C)(C)C)[C@H](NC(=O)c3ccccc3)c3ccccc3)C(C)=C1C2(C)C. The zero-order valence-electron chi connectivity index (χ0n) is 46.4. The lowest BCUT2D eigenvalue weighted by molar-refractivity contribution is -0.346. The van der Waals surface area contributed by atoms with E-state index in [-0.39, 0.29) is 49.0 Å². The van der Waals surface area contributed by atoms with Gasteiger partial charge in [0.05, 0.1) is 42.3 Å². The highest BCUT2D eigenvalue weighted by Gasteiger charge is 2.79. The molecular weight excluding hydrogens is 1020 g/mol. The third-order valence-electron chi connectivity index (χ3n) is 17.1. The summed E-state index contributed by atoms with van der Waals surface area (Å²) < 4.78 is 45.1. The fourth-order valence-electron chi connectivity index (χ4n) is 11.7. The number of Topliss-reactive ketones (excluding diaryl/α,β-unsaturated/α-hetero) is 1. The number of nitrogens with one attached hydrogen (secondary N) is 1. The van der Waals surface area contributed by atoms with E-state index >= 15 is 9.59 Å². The second-order valence-electron chi connectivity index (χ2n) is 23.4. The first-order chi connectivity index (χ1) is 36.5. The maximum absolute atomic E-state index is 16.4. The predicted octanol–water partition coefficient (Wildman–Crippen LogP) is 6.84. The molecule has 4 aliphatic rings. The van der Waals surface area contributed by atoms with Gasteiger partial charge in [-0.1, -0.05) is 101 Å². The first kappa shape index (κ1) is 59.6. The largest absolute Gasteiger partial charge is 0.461 e. The predicted molar refractivity (Wildman–Crippen MR) is 285 cm³/mol. The molecule has 2 bridgehead atoms. The molecule has 78 heavy (non-hydrogen) atoms. The number of ether oxygens (including phenoxy) is 6. The van der Waals surface area contributed by atoms with Crippen LogP contribution < -0.4 is 5.32 Å². The number of hydrogen-bond acceptors (Lipinski definition) is 17. The Morgan fingerprint density at radius 3 is 1.96 bits per heavy atom. The number of esters is 5. The summed E-state index contributed by atoms with van der Waals surface area (Å²) in [5.41, 5.74) is -7.22. The second-order valence-corrected chi connectivity index (χ2v) is 28.2. The highest BCUT2D eigenvalue weighted by molar-refractivity contribution is 6.74. The number of ketones is 1. The number of carbonyl (C=O) groups excluding carboxylic acids is 7. The monoisotopic (exact) mass is 1100 g/mol. The lowest BCUT2D eigenvalue weighted by Crippen LogP contribution is -2.82. The number of aliphatic hydroxyl groups is 3. The number of fused-ring (bicyclic) bond motifs is 5. The van der Waals surface area contributed by atoms with Crippen molar-refractivity contribution in [2.75, 3.05) is 13.2 Å². The highest BCUT2D eigenvalue weighted by Crippen LogP contribution is 2.65. The van der Waals surface area contributed by atoms with Gasteiger partial charge in [0.15, 0.2) is 31.9 Å². The van der Waals surface area contributed by atoms with E-state index < -0.39 is 145 Å². The van der Waals surface area contributed by atoms with Gasteiger partial charge in [0, 0.05) is 44.1 Å². The zero-order valence-corrected chi connectivity index (χ0v) is 47.4. The van der Waals surface area contributed by atoms with Crippen molar-refractivity contribution in [3.8, 4) is 0 Å². The minimum atomic E-state index is -2.99. The van der Waals surface area contributed by atoms with Crippen molar-refractivity contribution in [3.63, 3.8) is 0 Å². The van der Waals surface area contributed by atoms with Crippen LogP contribution in [0.3, 0.4) is 0 Å². The summed E-state index contributed by atoms with van der Waals surface area (Å²) in [7, 11) is -2.99. The Hall–Kier alpha value is -6.09. The number of benzene rings is 3. The molecule has 1 unspecified atom stereocenters. The quantitative estimate of drug-likeness (QED) is 0.0440. The van der Waals surface area contributed by atoms with Crippen molar-refractivity contribution >= 4 is 49.9 Å². The first-order valence-electron chi connectivity index (χ1n) is 26.5. The molecule has 1 heterocycles. The summed E-state index contributed by atoms with van der Waals surface area (Å²) in [5, 5.41) is 36.4. The number of aliphatic hydroxyl groups excluding tert-OH is 2. The van der Waals surface area contributed by atoms with E-state index in [4.69, 9.17) is 32.8 Å². The maximum Gasteiger partial charge on any atom is 0.338 e. The Kier molecular flexibility index (Phi) is 17.5. The molecule has 18 nitrogen and oxygen atoms in total. The number of rotatable bonds is 18. The lowest BCUT2D eigenvalue weighted by Gasteiger charge is -2.67. The van der Waals surface area contributed by atoms with Gasteiger partial charge in [-0.25, -0.2) is 9.59 Å². The van der Waals surface area contributed by atoms with Crippen LogP contribution in [0.25, 0.3) is 0 Å². The molecule has 0 spiro atoms. The Balaban J connectivity index is 1.46. The molecule has 3 fully saturated rings. The highest BCUT2D eigenvalue weighted by atomic mass is 28.4. The van der Waals surface area contributed by atoms with Crippen molar-refractivity contribution < 1.29 is 81.7 Å². The van der Waals surface area contributed by atoms with Gasteiger partial charge in [0.25, 0.3) is 5.91 Å². The lowest BCUT2D eigenvalue weighted by atomic mass is 9.44. The molecule has 0 radical (unpaired) electrons. The molecular formula is C59H75NO17Si. The second kappa shape index (κ2) is 22.9. The van der Waals surface area contributed by atoms with Gasteiger partial charge in [-0.3, -0.25) is 24.0 Å². The van der Waals surface area contributed by atoms with Crippen LogP contribution in [0.5, 0.6) is 0 Å². The summed E-state index contributed by atoms with van der Waals surface area (Å²) in [4.78, 5) is 102. The molecule has 3 aromatic rings. The molecule has 1 amide bonds. The molecule has 4 N–H and O–H groups in total. The van der Waals surface area contributed by atoms with E-state index in [1.807, 2.05) is 33.9 Å². The Morgan fingerprint density at radius 2 is 1.42 bits per heavy atom. The normalized spacial score (nSPS) is 28.6. The first-order valence-corrected chi connectivity index (χ1v) is 29.4.